The molecule has 1 fully saturated rings. The summed E-state index contributed by atoms with van der Waals surface area (Å²) in [6.45, 7) is 1.41. The molecule has 0 bridgehead atoms. The van der Waals surface area contributed by atoms with Crippen molar-refractivity contribution in [1.29, 1.82) is 0 Å². The molecule has 3 heteroatoms. The Morgan fingerprint density at radius 2 is 1.82 bits per heavy atom. The van der Waals surface area contributed by atoms with Crippen molar-refractivity contribution in [2.75, 3.05) is 13.1 Å². The van der Waals surface area contributed by atoms with Crippen molar-refractivity contribution in [3.8, 4) is 0 Å². The van der Waals surface area contributed by atoms with Gasteiger partial charge in [0.2, 0.25) is 0 Å². The molecule has 0 aliphatic carbocycles. The summed E-state index contributed by atoms with van der Waals surface area (Å²) in [7, 11) is 0. The smallest absolute Gasteiger partial charge is 0.407 e. The van der Waals surface area contributed by atoms with Crippen LogP contribution < -0.4 is 0 Å². The van der Waals surface area contributed by atoms with Crippen LogP contribution in [0.25, 0.3) is 10.8 Å². The van der Waals surface area contributed by atoms with Gasteiger partial charge in [-0.1, -0.05) is 42.5 Å². The Morgan fingerprint density at radius 1 is 1.09 bits per heavy atom. The van der Waals surface area contributed by atoms with Crippen LogP contribution >= 0.6 is 0 Å². The summed E-state index contributed by atoms with van der Waals surface area (Å²) in [6, 6.07) is 15.2. The number of likely N-dealkylation sites (tertiary alicyclic amines) is 1. The number of hydrogen-bond donors (Lipinski definition) is 1. The van der Waals surface area contributed by atoms with Gasteiger partial charge < -0.3 is 10.0 Å². The minimum Gasteiger partial charge on any atom is -0.465 e. The highest BCUT2D eigenvalue weighted by molar-refractivity contribution is 5.82. The zero-order valence-corrected chi connectivity index (χ0v) is 12.9. The lowest BCUT2D eigenvalue weighted by molar-refractivity contribution is 0.123. The van der Waals surface area contributed by atoms with E-state index in [0.717, 1.165) is 19.3 Å². The van der Waals surface area contributed by atoms with Crippen LogP contribution in [-0.2, 0) is 6.42 Å². The monoisotopic (exact) mass is 297 g/mol. The first-order valence-electron chi connectivity index (χ1n) is 8.18. The maximum Gasteiger partial charge on any atom is 0.407 e. The third-order valence-corrected chi connectivity index (χ3v) is 4.78. The number of nitrogens with zero attached hydrogens (tertiary/aromatic N) is 1. The summed E-state index contributed by atoms with van der Waals surface area (Å²) in [6.07, 6.45) is 4.78. The van der Waals surface area contributed by atoms with Crippen LogP contribution in [-0.4, -0.2) is 29.2 Å². The molecule has 3 rings (SSSR count). The lowest BCUT2D eigenvalue weighted by Crippen LogP contribution is -2.37. The molecule has 1 heterocycles. The van der Waals surface area contributed by atoms with Crippen LogP contribution in [0.5, 0.6) is 0 Å². The van der Waals surface area contributed by atoms with Gasteiger partial charge in [0.1, 0.15) is 0 Å². The average Bonchev–Trinajstić information content (AvgIpc) is 2.55. The standard InChI is InChI=1S/C19H23NO2/c21-19(22)20-12-10-15(11-13-20)4-3-5-16-8-9-17-6-1-2-7-18(17)14-16/h1-2,6-9,14-15H,3-5,10-13H2,(H,21,22). The first kappa shape index (κ1) is 14.9. The molecule has 1 N–H and O–H groups in total. The zero-order chi connectivity index (χ0) is 15.4. The molecule has 0 spiro atoms. The van der Waals surface area contributed by atoms with E-state index >= 15 is 0 Å². The third-order valence-electron chi connectivity index (χ3n) is 4.78. The molecule has 1 amide bonds. The average molecular weight is 297 g/mol. The van der Waals surface area contributed by atoms with Crippen LogP contribution in [0.4, 0.5) is 4.79 Å². The molecule has 0 atom stereocenters. The van der Waals surface area contributed by atoms with Gasteiger partial charge in [-0.3, -0.25) is 0 Å². The molecule has 0 radical (unpaired) electrons. The van der Waals surface area contributed by atoms with Gasteiger partial charge in [-0.15, -0.1) is 0 Å². The van der Waals surface area contributed by atoms with E-state index in [1.54, 1.807) is 4.90 Å². The van der Waals surface area contributed by atoms with E-state index in [4.69, 9.17) is 5.11 Å². The molecule has 0 saturated carbocycles. The fourth-order valence-corrected chi connectivity index (χ4v) is 3.40. The summed E-state index contributed by atoms with van der Waals surface area (Å²) in [5.74, 6) is 0.691. The van der Waals surface area contributed by atoms with E-state index in [0.29, 0.717) is 19.0 Å². The highest BCUT2D eigenvalue weighted by atomic mass is 16.4. The van der Waals surface area contributed by atoms with Crippen LogP contribution in [0.15, 0.2) is 42.5 Å². The Hall–Kier alpha value is -2.03. The Morgan fingerprint density at radius 3 is 2.55 bits per heavy atom. The van der Waals surface area contributed by atoms with Gasteiger partial charge in [-0.25, -0.2) is 4.79 Å². The number of carboxylic acid groups (broad SMARTS) is 1. The number of fused-ring (bicyclic) bond motifs is 1. The predicted octanol–water partition coefficient (Wildman–Crippen LogP) is 4.55. The molecule has 2 aromatic rings. The van der Waals surface area contributed by atoms with E-state index in [1.807, 2.05) is 0 Å². The van der Waals surface area contributed by atoms with Crippen molar-refractivity contribution in [3.05, 3.63) is 48.0 Å². The number of rotatable bonds is 4. The van der Waals surface area contributed by atoms with E-state index in [9.17, 15) is 4.79 Å². The minimum atomic E-state index is -0.769. The molecule has 22 heavy (non-hydrogen) atoms. The first-order valence-corrected chi connectivity index (χ1v) is 8.18. The van der Waals surface area contributed by atoms with E-state index < -0.39 is 6.09 Å². The third kappa shape index (κ3) is 3.59. The lowest BCUT2D eigenvalue weighted by atomic mass is 9.90. The molecule has 0 unspecified atom stereocenters. The Labute approximate surface area is 131 Å². The van der Waals surface area contributed by atoms with Gasteiger partial charge in [0, 0.05) is 13.1 Å². The second kappa shape index (κ2) is 6.82. The fraction of sp³-hybridized carbons (Fsp3) is 0.421. The van der Waals surface area contributed by atoms with Crippen LogP contribution in [0.2, 0.25) is 0 Å². The molecule has 3 nitrogen and oxygen atoms in total. The van der Waals surface area contributed by atoms with E-state index in [-0.39, 0.29) is 0 Å². The van der Waals surface area contributed by atoms with Gasteiger partial charge in [-0.2, -0.15) is 0 Å². The summed E-state index contributed by atoms with van der Waals surface area (Å²) >= 11 is 0. The zero-order valence-electron chi connectivity index (χ0n) is 12.9. The molecular formula is C19H23NO2. The lowest BCUT2D eigenvalue weighted by Gasteiger charge is -2.29. The SMILES string of the molecule is O=C(O)N1CCC(CCCc2ccc3ccccc3c2)CC1. The van der Waals surface area contributed by atoms with Crippen molar-refractivity contribution in [2.45, 2.75) is 32.1 Å². The maximum absolute atomic E-state index is 10.9. The highest BCUT2D eigenvalue weighted by Gasteiger charge is 2.21. The molecule has 1 aliphatic rings. The first-order chi connectivity index (χ1) is 10.7. The number of hydrogen-bond acceptors (Lipinski definition) is 1. The largest absolute Gasteiger partial charge is 0.465 e. The van der Waals surface area contributed by atoms with Crippen LogP contribution in [0.1, 0.15) is 31.2 Å². The van der Waals surface area contributed by atoms with Crippen molar-refractivity contribution in [2.24, 2.45) is 5.92 Å². The number of piperidine rings is 1. The quantitative estimate of drug-likeness (QED) is 0.899. The van der Waals surface area contributed by atoms with Gasteiger partial charge in [-0.05, 0) is 54.4 Å². The Balaban J connectivity index is 1.47. The van der Waals surface area contributed by atoms with Crippen molar-refractivity contribution < 1.29 is 9.90 Å². The number of amides is 1. The summed E-state index contributed by atoms with van der Waals surface area (Å²) in [4.78, 5) is 12.4. The molecular weight excluding hydrogens is 274 g/mol. The Bertz CT molecular complexity index is 645. The fourth-order valence-electron chi connectivity index (χ4n) is 3.40. The van der Waals surface area contributed by atoms with E-state index in [2.05, 4.69) is 42.5 Å². The normalized spacial score (nSPS) is 16.1. The summed E-state index contributed by atoms with van der Waals surface area (Å²) < 4.78 is 0. The topological polar surface area (TPSA) is 40.5 Å². The van der Waals surface area contributed by atoms with Gasteiger partial charge in [0.15, 0.2) is 0 Å². The number of benzene rings is 2. The Kier molecular flexibility index (Phi) is 4.62. The second-order valence-corrected chi connectivity index (χ2v) is 6.29. The number of carbonyl (C=O) groups is 1. The van der Waals surface area contributed by atoms with Gasteiger partial charge in [0.05, 0.1) is 0 Å². The highest BCUT2D eigenvalue weighted by Crippen LogP contribution is 2.23. The molecule has 1 saturated heterocycles. The predicted molar refractivity (Wildman–Crippen MR) is 89.2 cm³/mol. The molecule has 1 aliphatic heterocycles. The van der Waals surface area contributed by atoms with Crippen molar-refractivity contribution in [1.82, 2.24) is 4.90 Å². The second-order valence-electron chi connectivity index (χ2n) is 6.29. The van der Waals surface area contributed by atoms with E-state index in [1.165, 1.54) is 29.2 Å². The van der Waals surface area contributed by atoms with Crippen molar-refractivity contribution >= 4 is 16.9 Å². The maximum atomic E-state index is 10.9. The van der Waals surface area contributed by atoms with Crippen LogP contribution in [0, 0.1) is 5.92 Å². The molecule has 0 aromatic heterocycles. The summed E-state index contributed by atoms with van der Waals surface area (Å²) in [5.41, 5.74) is 1.40. The minimum absolute atomic E-state index is 0.691. The van der Waals surface area contributed by atoms with Gasteiger partial charge >= 0.3 is 6.09 Å². The van der Waals surface area contributed by atoms with Crippen molar-refractivity contribution in [3.63, 3.8) is 0 Å². The van der Waals surface area contributed by atoms with Gasteiger partial charge in [0.25, 0.3) is 0 Å². The summed E-state index contributed by atoms with van der Waals surface area (Å²) in [5, 5.41) is 11.6. The number of aryl methyl sites for hydroxylation is 1. The van der Waals surface area contributed by atoms with Crippen LogP contribution in [0.3, 0.4) is 0 Å². The molecule has 116 valence electrons. The molecule has 2 aromatic carbocycles.